The number of nitrogens with zero attached hydrogens (tertiary/aromatic N) is 1. The van der Waals surface area contributed by atoms with Crippen LogP contribution in [0.4, 0.5) is 17.1 Å². The zero-order valence-electron chi connectivity index (χ0n) is 26.3. The van der Waals surface area contributed by atoms with Crippen LogP contribution in [0.15, 0.2) is 188 Å². The Bertz CT molecular complexity index is 2550. The Kier molecular flexibility index (Phi) is 7.24. The van der Waals surface area contributed by atoms with Crippen LogP contribution in [0, 0.1) is 0 Å². The van der Waals surface area contributed by atoms with Gasteiger partial charge in [0.1, 0.15) is 0 Å². The van der Waals surface area contributed by atoms with E-state index < -0.39 is 0 Å². The second-order valence-corrected chi connectivity index (χ2v) is 14.3. The van der Waals surface area contributed by atoms with Crippen molar-refractivity contribution in [3.8, 4) is 33.4 Å². The summed E-state index contributed by atoms with van der Waals surface area (Å²) < 4.78 is 2.92. The monoisotopic (exact) mass is 677 g/mol. The Morgan fingerprint density at radius 2 is 0.938 bits per heavy atom. The first-order chi connectivity index (χ1) is 23.8. The number of benzene rings is 8. The molecule has 0 aliphatic heterocycles. The van der Waals surface area contributed by atoms with Gasteiger partial charge in [-0.1, -0.05) is 0 Å². The van der Waals surface area contributed by atoms with Gasteiger partial charge in [-0.15, -0.1) is 0 Å². The molecular formula is C46H31NSe. The van der Waals surface area contributed by atoms with E-state index in [-0.39, 0.29) is 14.5 Å². The van der Waals surface area contributed by atoms with Crippen LogP contribution in [0.25, 0.3) is 63.4 Å². The molecule has 0 unspecified atom stereocenters. The van der Waals surface area contributed by atoms with Gasteiger partial charge in [-0.25, -0.2) is 0 Å². The molecule has 9 rings (SSSR count). The van der Waals surface area contributed by atoms with E-state index in [1.165, 1.54) is 69.1 Å². The molecule has 0 aliphatic rings. The van der Waals surface area contributed by atoms with Gasteiger partial charge in [0.05, 0.1) is 0 Å². The predicted molar refractivity (Wildman–Crippen MR) is 207 cm³/mol. The summed E-state index contributed by atoms with van der Waals surface area (Å²) >= 11 is 0.212. The van der Waals surface area contributed by atoms with Gasteiger partial charge in [0.25, 0.3) is 0 Å². The third-order valence-electron chi connectivity index (χ3n) is 9.28. The van der Waals surface area contributed by atoms with Crippen molar-refractivity contribution in [3.05, 3.63) is 188 Å². The Hall–Kier alpha value is -5.66. The Balaban J connectivity index is 1.25. The summed E-state index contributed by atoms with van der Waals surface area (Å²) in [5.74, 6) is 0. The zero-order valence-corrected chi connectivity index (χ0v) is 28.0. The summed E-state index contributed by atoms with van der Waals surface area (Å²) in [6.45, 7) is 0. The van der Waals surface area contributed by atoms with Crippen molar-refractivity contribution in [1.29, 1.82) is 0 Å². The van der Waals surface area contributed by atoms with Crippen molar-refractivity contribution in [2.75, 3.05) is 4.90 Å². The molecule has 8 aromatic carbocycles. The van der Waals surface area contributed by atoms with Crippen LogP contribution in [0.3, 0.4) is 0 Å². The van der Waals surface area contributed by atoms with Gasteiger partial charge in [0, 0.05) is 0 Å². The summed E-state index contributed by atoms with van der Waals surface area (Å²) in [6, 6.07) is 68.5. The van der Waals surface area contributed by atoms with E-state index in [4.69, 9.17) is 0 Å². The minimum absolute atomic E-state index is 0.212. The van der Waals surface area contributed by atoms with Gasteiger partial charge in [0.15, 0.2) is 0 Å². The van der Waals surface area contributed by atoms with Gasteiger partial charge in [0.2, 0.25) is 0 Å². The zero-order chi connectivity index (χ0) is 31.9. The molecule has 0 N–H and O–H groups in total. The molecule has 226 valence electrons. The van der Waals surface area contributed by atoms with Crippen LogP contribution < -0.4 is 4.90 Å². The summed E-state index contributed by atoms with van der Waals surface area (Å²) in [5, 5.41) is 5.44. The normalized spacial score (nSPS) is 11.3. The molecule has 0 radical (unpaired) electrons. The summed E-state index contributed by atoms with van der Waals surface area (Å²) in [7, 11) is 0. The van der Waals surface area contributed by atoms with Crippen molar-refractivity contribution < 1.29 is 0 Å². The van der Waals surface area contributed by atoms with E-state index in [0.717, 1.165) is 11.4 Å². The van der Waals surface area contributed by atoms with Crippen LogP contribution in [-0.2, 0) is 0 Å². The number of anilines is 3. The molecule has 1 heterocycles. The molecule has 48 heavy (non-hydrogen) atoms. The third-order valence-corrected chi connectivity index (χ3v) is 11.8. The number of hydrogen-bond donors (Lipinski definition) is 0. The second kappa shape index (κ2) is 12.2. The molecule has 2 heteroatoms. The van der Waals surface area contributed by atoms with Crippen molar-refractivity contribution in [3.63, 3.8) is 0 Å². The van der Waals surface area contributed by atoms with Crippen molar-refractivity contribution in [1.82, 2.24) is 0 Å². The van der Waals surface area contributed by atoms with E-state index in [2.05, 4.69) is 193 Å². The topological polar surface area (TPSA) is 3.24 Å². The molecular weight excluding hydrogens is 645 g/mol. The third kappa shape index (κ3) is 5.04. The molecule has 9 aromatic rings. The molecule has 0 spiro atoms. The summed E-state index contributed by atoms with van der Waals surface area (Å²) in [5.41, 5.74) is 10.7. The first-order valence-electron chi connectivity index (χ1n) is 16.4. The minimum atomic E-state index is 0.212. The van der Waals surface area contributed by atoms with E-state index in [1.54, 1.807) is 0 Å². The van der Waals surface area contributed by atoms with Crippen LogP contribution >= 0.6 is 0 Å². The molecule has 0 saturated heterocycles. The molecule has 0 saturated carbocycles. The van der Waals surface area contributed by atoms with E-state index in [0.29, 0.717) is 0 Å². The number of para-hydroxylation sites is 1. The Labute approximate surface area is 286 Å². The average Bonchev–Trinajstić information content (AvgIpc) is 3.55. The fourth-order valence-corrected chi connectivity index (χ4v) is 9.64. The second-order valence-electron chi connectivity index (χ2n) is 12.1. The van der Waals surface area contributed by atoms with Gasteiger partial charge in [-0.3, -0.25) is 0 Å². The molecule has 1 nitrogen and oxygen atoms in total. The van der Waals surface area contributed by atoms with Crippen LogP contribution in [0.2, 0.25) is 0 Å². The van der Waals surface area contributed by atoms with Gasteiger partial charge in [-0.05, 0) is 0 Å². The molecule has 0 bridgehead atoms. The van der Waals surface area contributed by atoms with E-state index in [9.17, 15) is 0 Å². The van der Waals surface area contributed by atoms with Gasteiger partial charge >= 0.3 is 288 Å². The maximum absolute atomic E-state index is 2.45. The number of rotatable bonds is 6. The molecule has 0 aliphatic carbocycles. The van der Waals surface area contributed by atoms with E-state index in [1.807, 2.05) is 0 Å². The summed E-state index contributed by atoms with van der Waals surface area (Å²) in [4.78, 5) is 2.45. The van der Waals surface area contributed by atoms with Crippen LogP contribution in [-0.4, -0.2) is 14.5 Å². The van der Waals surface area contributed by atoms with Crippen molar-refractivity contribution in [2.45, 2.75) is 0 Å². The SMILES string of the molecule is c1ccc(-c2ccc(N(c3ccc4c(c3)[se]c3c5ccccc5ccc43)c3ccccc3-c3ccccc3-c3ccccc3)cc2)cc1. The van der Waals surface area contributed by atoms with Gasteiger partial charge < -0.3 is 0 Å². The molecule has 0 atom stereocenters. The average molecular weight is 677 g/mol. The van der Waals surface area contributed by atoms with Crippen LogP contribution in [0.1, 0.15) is 0 Å². The maximum atomic E-state index is 2.45. The standard InChI is InChI=1S/C46H31NSe/c1-3-13-32(14-4-1)33-23-26-36(27-24-33)47(37-28-30-42-43-29-25-35-17-7-8-19-39(35)46(43)48-45(42)31-37)44-22-12-11-21-41(44)40-20-10-9-18-38(40)34-15-5-2-6-16-34/h1-31H. The number of hydrogen-bond acceptors (Lipinski definition) is 1. The molecule has 1 aromatic heterocycles. The van der Waals surface area contributed by atoms with Crippen molar-refractivity contribution >= 4 is 61.6 Å². The van der Waals surface area contributed by atoms with Crippen LogP contribution in [0.5, 0.6) is 0 Å². The number of fused-ring (bicyclic) bond motifs is 5. The molecule has 0 fully saturated rings. The fourth-order valence-electron chi connectivity index (χ4n) is 6.98. The fraction of sp³-hybridized carbons (Fsp3) is 0. The first-order valence-corrected chi connectivity index (χ1v) is 18.1. The predicted octanol–water partition coefficient (Wildman–Crippen LogP) is 12.7. The van der Waals surface area contributed by atoms with E-state index >= 15 is 0 Å². The summed E-state index contributed by atoms with van der Waals surface area (Å²) in [6.07, 6.45) is 0. The van der Waals surface area contributed by atoms with Crippen molar-refractivity contribution in [2.24, 2.45) is 0 Å². The van der Waals surface area contributed by atoms with Gasteiger partial charge in [-0.2, -0.15) is 0 Å². The Morgan fingerprint density at radius 3 is 1.73 bits per heavy atom. The Morgan fingerprint density at radius 1 is 0.354 bits per heavy atom. The molecule has 0 amide bonds. The quantitative estimate of drug-likeness (QED) is 0.159. The first kappa shape index (κ1) is 28.6.